The lowest BCUT2D eigenvalue weighted by atomic mass is 9.80. The van der Waals surface area contributed by atoms with Gasteiger partial charge in [-0.15, -0.1) is 0 Å². The number of nitrogens with two attached hydrogens (primary N) is 3. The molecule has 0 spiro atoms. The van der Waals surface area contributed by atoms with Crippen molar-refractivity contribution in [3.8, 4) is 11.3 Å². The number of piperidine rings is 1. The molecule has 696 valence electrons. The van der Waals surface area contributed by atoms with E-state index >= 15 is 0 Å². The van der Waals surface area contributed by atoms with Crippen molar-refractivity contribution in [1.29, 1.82) is 0 Å². The summed E-state index contributed by atoms with van der Waals surface area (Å²) in [6.07, 6.45) is 10.3. The zero-order valence-corrected chi connectivity index (χ0v) is 75.0. The van der Waals surface area contributed by atoms with Crippen LogP contribution in [0.1, 0.15) is 142 Å². The van der Waals surface area contributed by atoms with Gasteiger partial charge in [-0.2, -0.15) is 10.1 Å². The summed E-state index contributed by atoms with van der Waals surface area (Å²) in [4.78, 5) is 86.5. The number of thiocarbonyl (C=S) groups is 1. The van der Waals surface area contributed by atoms with E-state index < -0.39 is 108 Å². The van der Waals surface area contributed by atoms with Crippen LogP contribution >= 0.6 is 12.2 Å². The van der Waals surface area contributed by atoms with Crippen molar-refractivity contribution < 1.29 is 110 Å². The molecular formula is C91H133N11O23S. The number of hydrogen-bond acceptors (Lipinski definition) is 31. The van der Waals surface area contributed by atoms with Crippen LogP contribution in [0.5, 0.6) is 0 Å². The second-order valence-electron chi connectivity index (χ2n) is 33.6. The number of rotatable bonds is 36. The number of oxazole rings is 1. The first-order chi connectivity index (χ1) is 60.7. The number of aliphatic hydroxyl groups excluding tert-OH is 3. The van der Waals surface area contributed by atoms with E-state index in [1.807, 2.05) is 65.9 Å². The van der Waals surface area contributed by atoms with Gasteiger partial charge in [0.05, 0.1) is 148 Å². The summed E-state index contributed by atoms with van der Waals surface area (Å²) < 4.78 is 83.1. The maximum absolute atomic E-state index is 14.7. The molecule has 16 atom stereocenters. The van der Waals surface area contributed by atoms with E-state index in [1.54, 1.807) is 54.1 Å². The fraction of sp³-hybridized carbons (Fsp3) is 0.648. The summed E-state index contributed by atoms with van der Waals surface area (Å²) in [6, 6.07) is 9.83. The minimum atomic E-state index is -2.49. The number of amides is 2. The minimum Gasteiger partial charge on any atom is -0.465 e. The predicted octanol–water partition coefficient (Wildman–Crippen LogP) is 7.18. The van der Waals surface area contributed by atoms with Crippen LogP contribution in [-0.4, -0.2) is 296 Å². The summed E-state index contributed by atoms with van der Waals surface area (Å²) in [5.41, 5.74) is 26.9. The second-order valence-corrected chi connectivity index (χ2v) is 34.0. The van der Waals surface area contributed by atoms with Gasteiger partial charge in [0.2, 0.25) is 11.7 Å². The molecule has 126 heavy (non-hydrogen) atoms. The lowest BCUT2D eigenvalue weighted by molar-refractivity contribution is -0.265. The molecule has 1 saturated carbocycles. The summed E-state index contributed by atoms with van der Waals surface area (Å²) in [5.74, 6) is -7.94. The molecule has 2 amide bonds. The normalized spacial score (nSPS) is 27.7. The molecule has 3 fully saturated rings. The first kappa shape index (κ1) is 100.0. The van der Waals surface area contributed by atoms with Crippen LogP contribution in [0.15, 0.2) is 94.7 Å². The van der Waals surface area contributed by atoms with Gasteiger partial charge in [-0.05, 0) is 155 Å². The number of methoxy groups -OCH3 is 2. The number of aromatic nitrogens is 5. The zero-order valence-electron chi connectivity index (χ0n) is 74.2. The number of ketones is 2. The van der Waals surface area contributed by atoms with Crippen molar-refractivity contribution in [1.82, 2.24) is 39.8 Å². The van der Waals surface area contributed by atoms with E-state index in [1.165, 1.54) is 11.9 Å². The van der Waals surface area contributed by atoms with Crippen molar-refractivity contribution in [3.63, 3.8) is 0 Å². The highest BCUT2D eigenvalue weighted by molar-refractivity contribution is 7.80. The molecule has 35 heteroatoms. The fourth-order valence-electron chi connectivity index (χ4n) is 16.8. The SMILES string of the molecule is CO[C@H]1C[C@@H]2CC[C@@H](C)[C@@](O)(O2)C(=O)C(=O)N2CCCC[C@H]2C(=O)O[C@H]([C@H](N)C[C@@H]2CC[C@@H](OC(=S)NCCOCCOCCOCCOCCOCCOCCOCCOCCC(=O)N3CCc4cc(Cn5nc(-c6ccc7oc(N)nc7c6)c6c(N)ncnc65)ccc4C3)[C@H](OC)C2)C[C@@H](O)[C@H](C)/C=C(\C)[C@@H](O)[C@@H](O)C(=O)[C@H](C)C[C@H](C)/C=C/C=C/C=C/1C. The molecule has 2 saturated heterocycles. The van der Waals surface area contributed by atoms with Crippen molar-refractivity contribution in [3.05, 3.63) is 107 Å². The number of allylic oxidation sites excluding steroid dienone is 5. The standard InChI is InChI=1S/C91H133N11O23S/c1-57-14-10-9-11-15-58(2)75(112-7)52-68-22-17-62(6)91(111,125-68)84(108)87(109)101-28-13-12-16-71(101)88(110)122-76(53-72(103)59(3)47-61(5)82(106)83(107)81(105)60(4)46-57)69(92)49-63-19-23-74(77(50-63)113-8)124-90(126)95-27-31-115-33-35-117-37-39-119-41-43-121-45-44-120-42-40-118-38-36-116-34-32-114-30-26-78(104)100-29-25-65-48-64(18-20-67(65)55-100)54-102-86-79(85(93)96-56-97-86)80(99-102)66-21-24-73-70(51-66)98-89(94)123-73/h9-11,14-15,18,20-21,24,47-48,51,56-57,59-60,62-63,68-69,71-72,74-77,82-83,103,106-107,111H,12-13,16-17,19,22-23,25-46,49-50,52-55,92H2,1-8H3,(H2,94,98)(H,95,126)(H2,93,96,97)/b11-9+,14-10+,58-15+,61-47+/t57-,59-,60-,62-,63+,68+,69-,71+,72-,74-,75+,76+,77-,82-,83+,91-/m1/s1. The van der Waals surface area contributed by atoms with Gasteiger partial charge in [0.1, 0.15) is 53.8 Å². The number of cyclic esters (lactones) is 1. The summed E-state index contributed by atoms with van der Waals surface area (Å²) in [5, 5.41) is 55.5. The van der Waals surface area contributed by atoms with Crippen molar-refractivity contribution in [2.24, 2.45) is 35.3 Å². The number of benzene rings is 2. The van der Waals surface area contributed by atoms with Crippen LogP contribution < -0.4 is 22.5 Å². The van der Waals surface area contributed by atoms with E-state index in [0.717, 1.165) is 33.6 Å². The van der Waals surface area contributed by atoms with Gasteiger partial charge >= 0.3 is 5.97 Å². The van der Waals surface area contributed by atoms with Gasteiger partial charge in [0, 0.05) is 82.6 Å². The highest BCUT2D eigenvalue weighted by Gasteiger charge is 2.53. The summed E-state index contributed by atoms with van der Waals surface area (Å²) >= 11 is 5.59. The first-order valence-electron chi connectivity index (χ1n) is 44.4. The molecule has 2 bridgehead atoms. The van der Waals surface area contributed by atoms with Gasteiger partial charge in [-0.25, -0.2) is 19.4 Å². The number of hydrogen-bond donors (Lipinski definition) is 8. The lowest BCUT2D eigenvalue weighted by Gasteiger charge is -2.43. The Morgan fingerprint density at radius 3 is 2.06 bits per heavy atom. The number of nitrogens with zero attached hydrogens (tertiary/aromatic N) is 7. The van der Waals surface area contributed by atoms with Gasteiger partial charge < -0.3 is 119 Å². The summed E-state index contributed by atoms with van der Waals surface area (Å²) in [6.45, 7) is 18.6. The van der Waals surface area contributed by atoms with Gasteiger partial charge in [-0.1, -0.05) is 82.4 Å². The third-order valence-corrected chi connectivity index (χ3v) is 24.4. The van der Waals surface area contributed by atoms with E-state index in [4.69, 9.17) is 101 Å². The van der Waals surface area contributed by atoms with Crippen LogP contribution in [0.2, 0.25) is 0 Å². The van der Waals surface area contributed by atoms with Crippen molar-refractivity contribution >= 4 is 80.7 Å². The highest BCUT2D eigenvalue weighted by Crippen LogP contribution is 2.39. The average Bonchev–Trinajstić information content (AvgIpc) is 1.46. The van der Waals surface area contributed by atoms with Gasteiger partial charge in [-0.3, -0.25) is 19.2 Å². The monoisotopic (exact) mass is 1780 g/mol. The number of Topliss-reactive ketones (excluding diaryl/α,β-unsaturated/α-hetero) is 2. The fourth-order valence-corrected chi connectivity index (χ4v) is 17.0. The number of fused-ring (bicyclic) bond motifs is 6. The molecule has 3 aromatic heterocycles. The number of nitrogen functional groups attached to an aromatic ring is 2. The lowest BCUT2D eigenvalue weighted by Crippen LogP contribution is -2.61. The van der Waals surface area contributed by atoms with Gasteiger partial charge in [0.15, 0.2) is 17.0 Å². The first-order valence-corrected chi connectivity index (χ1v) is 44.8. The third-order valence-electron chi connectivity index (χ3n) is 24.2. The van der Waals surface area contributed by atoms with Crippen LogP contribution in [-0.2, 0) is 105 Å². The molecule has 5 aliphatic rings. The molecule has 0 radical (unpaired) electrons. The number of ether oxygens (including phenoxy) is 13. The molecule has 0 unspecified atom stereocenters. The van der Waals surface area contributed by atoms with E-state index in [9.17, 15) is 44.4 Å². The van der Waals surface area contributed by atoms with Crippen LogP contribution in [0.3, 0.4) is 0 Å². The number of carbonyl (C=O) groups excluding carboxylic acids is 5. The Labute approximate surface area is 743 Å². The third kappa shape index (κ3) is 29.2. The minimum absolute atomic E-state index is 0.0299. The second kappa shape index (κ2) is 50.7. The Morgan fingerprint density at radius 1 is 0.714 bits per heavy atom. The molecular weight excluding hydrogens is 1650 g/mol. The smallest absolute Gasteiger partial charge is 0.329 e. The maximum atomic E-state index is 14.7. The van der Waals surface area contributed by atoms with Crippen LogP contribution in [0.4, 0.5) is 11.8 Å². The molecule has 10 rings (SSSR count). The molecule has 2 aromatic carbocycles. The molecule has 1 aliphatic carbocycles. The van der Waals surface area contributed by atoms with E-state index in [-0.39, 0.29) is 66.7 Å². The maximum Gasteiger partial charge on any atom is 0.329 e. The number of aliphatic hydroxyl groups is 4. The summed E-state index contributed by atoms with van der Waals surface area (Å²) in [7, 11) is 3.15. The Bertz CT molecular complexity index is 4450. The number of anilines is 2. The average molecular weight is 1780 g/mol. The van der Waals surface area contributed by atoms with Gasteiger partial charge in [0.25, 0.3) is 22.9 Å². The topological polar surface area (TPSA) is 452 Å². The van der Waals surface area contributed by atoms with E-state index in [2.05, 4.69) is 38.5 Å². The number of esters is 1. The predicted molar refractivity (Wildman–Crippen MR) is 473 cm³/mol. The highest BCUT2D eigenvalue weighted by atomic mass is 32.1. The van der Waals surface area contributed by atoms with Crippen LogP contribution in [0, 0.1) is 29.6 Å². The molecule has 11 N–H and O–H groups in total. The Morgan fingerprint density at radius 2 is 1.39 bits per heavy atom. The quantitative estimate of drug-likeness (QED) is 0.00647. The largest absolute Gasteiger partial charge is 0.465 e. The Balaban J connectivity index is 0.548. The Kier molecular flexibility index (Phi) is 40.2. The molecule has 7 heterocycles. The van der Waals surface area contributed by atoms with Crippen LogP contribution in [0.25, 0.3) is 33.4 Å². The molecule has 34 nitrogen and oxygen atoms in total. The van der Waals surface area contributed by atoms with Crippen molar-refractivity contribution in [2.45, 2.75) is 211 Å². The van der Waals surface area contributed by atoms with Crippen molar-refractivity contribution in [2.75, 3.05) is 151 Å². The zero-order chi connectivity index (χ0) is 90.2. The van der Waals surface area contributed by atoms with E-state index in [0.29, 0.717) is 223 Å². The Hall–Kier alpha value is -8.18. The number of carbonyl (C=O) groups is 5. The molecule has 4 aliphatic heterocycles. The molecule has 5 aromatic rings. The number of nitrogens with one attached hydrogen (secondary N) is 1.